The maximum atomic E-state index is 4.70. The third-order valence-corrected chi connectivity index (χ3v) is 4.10. The zero-order chi connectivity index (χ0) is 15.7. The van der Waals surface area contributed by atoms with Gasteiger partial charge in [0.05, 0.1) is 23.3 Å². The van der Waals surface area contributed by atoms with Crippen molar-refractivity contribution in [1.82, 2.24) is 19.9 Å². The van der Waals surface area contributed by atoms with Crippen LogP contribution in [-0.4, -0.2) is 26.9 Å². The van der Waals surface area contributed by atoms with Crippen LogP contribution in [0.25, 0.3) is 11.0 Å². The van der Waals surface area contributed by atoms with Crippen molar-refractivity contribution in [3.63, 3.8) is 0 Å². The number of hydrogen-bond acceptors (Lipinski definition) is 3. The minimum Gasteiger partial charge on any atom is -0.341 e. The average Bonchev–Trinajstić information content (AvgIpc) is 2.83. The Balaban J connectivity index is 1.76. The summed E-state index contributed by atoms with van der Waals surface area (Å²) < 4.78 is 0. The molecule has 0 saturated carbocycles. The fraction of sp³-hybridized carbons (Fsp3) is 0.333. The third-order valence-electron chi connectivity index (χ3n) is 4.10. The topological polar surface area (TPSA) is 44.8 Å². The number of fused-ring (bicyclic) bond motifs is 1. The average molecular weight is 294 g/mol. The Morgan fingerprint density at radius 2 is 1.82 bits per heavy atom. The van der Waals surface area contributed by atoms with E-state index in [4.69, 9.17) is 4.98 Å². The number of imidazole rings is 1. The molecule has 0 atom stereocenters. The number of hydrogen-bond donors (Lipinski definition) is 1. The van der Waals surface area contributed by atoms with Gasteiger partial charge in [-0.3, -0.25) is 9.88 Å². The predicted octanol–water partition coefficient (Wildman–Crippen LogP) is 3.52. The molecule has 0 saturated heterocycles. The number of aryl methyl sites for hydroxylation is 3. The molecule has 4 nitrogen and oxygen atoms in total. The highest BCUT2D eigenvalue weighted by Gasteiger charge is 2.09. The fourth-order valence-corrected chi connectivity index (χ4v) is 2.65. The molecule has 4 heteroatoms. The smallest absolute Gasteiger partial charge is 0.121 e. The van der Waals surface area contributed by atoms with E-state index in [1.165, 1.54) is 16.7 Å². The summed E-state index contributed by atoms with van der Waals surface area (Å²) in [7, 11) is 2.10. The van der Waals surface area contributed by atoms with Crippen molar-refractivity contribution in [1.29, 1.82) is 0 Å². The van der Waals surface area contributed by atoms with E-state index < -0.39 is 0 Å². The molecule has 3 aromatic rings. The lowest BCUT2D eigenvalue weighted by Crippen LogP contribution is -2.19. The first kappa shape index (κ1) is 14.7. The van der Waals surface area contributed by atoms with Gasteiger partial charge < -0.3 is 4.98 Å². The fourth-order valence-electron chi connectivity index (χ4n) is 2.65. The second-order valence-electron chi connectivity index (χ2n) is 6.08. The summed E-state index contributed by atoms with van der Waals surface area (Å²) in [4.78, 5) is 14.8. The SMILES string of the molecule is Cc1cc2nc(CN(C)Cc3ncccc3C)[nH]c2cc1C. The van der Waals surface area contributed by atoms with Gasteiger partial charge in [0.1, 0.15) is 5.82 Å². The van der Waals surface area contributed by atoms with Crippen LogP contribution < -0.4 is 0 Å². The summed E-state index contributed by atoms with van der Waals surface area (Å²) in [5.74, 6) is 0.996. The number of rotatable bonds is 4. The van der Waals surface area contributed by atoms with Crippen LogP contribution in [0.4, 0.5) is 0 Å². The van der Waals surface area contributed by atoms with Crippen molar-refractivity contribution < 1.29 is 0 Å². The Kier molecular flexibility index (Phi) is 3.94. The summed E-state index contributed by atoms with van der Waals surface area (Å²) in [6.45, 7) is 7.96. The zero-order valence-corrected chi connectivity index (χ0v) is 13.6. The van der Waals surface area contributed by atoms with Gasteiger partial charge in [0.25, 0.3) is 0 Å². The van der Waals surface area contributed by atoms with E-state index in [2.05, 4.69) is 60.9 Å². The summed E-state index contributed by atoms with van der Waals surface area (Å²) in [5, 5.41) is 0. The Morgan fingerprint density at radius 3 is 2.59 bits per heavy atom. The molecule has 0 aliphatic rings. The van der Waals surface area contributed by atoms with Crippen molar-refractivity contribution in [3.8, 4) is 0 Å². The monoisotopic (exact) mass is 294 g/mol. The standard InChI is InChI=1S/C18H22N4/c1-12-6-5-7-19-17(12)10-22(4)11-18-20-15-8-13(2)14(3)9-16(15)21-18/h5-9H,10-11H2,1-4H3,(H,20,21). The first-order valence-electron chi connectivity index (χ1n) is 7.58. The molecule has 1 aromatic carbocycles. The first-order valence-corrected chi connectivity index (χ1v) is 7.58. The summed E-state index contributed by atoms with van der Waals surface area (Å²) in [6.07, 6.45) is 1.85. The Morgan fingerprint density at radius 1 is 1.05 bits per heavy atom. The van der Waals surface area contributed by atoms with Gasteiger partial charge >= 0.3 is 0 Å². The lowest BCUT2D eigenvalue weighted by molar-refractivity contribution is 0.307. The largest absolute Gasteiger partial charge is 0.341 e. The molecule has 2 aromatic heterocycles. The van der Waals surface area contributed by atoms with Crippen molar-refractivity contribution in [2.24, 2.45) is 0 Å². The van der Waals surface area contributed by atoms with Gasteiger partial charge in [-0.25, -0.2) is 4.98 Å². The predicted molar refractivity (Wildman–Crippen MR) is 89.7 cm³/mol. The Bertz CT molecular complexity index is 765. The molecular weight excluding hydrogens is 272 g/mol. The van der Waals surface area contributed by atoms with E-state index in [-0.39, 0.29) is 0 Å². The highest BCUT2D eigenvalue weighted by molar-refractivity contribution is 5.77. The summed E-state index contributed by atoms with van der Waals surface area (Å²) in [6, 6.07) is 8.39. The molecular formula is C18H22N4. The van der Waals surface area contributed by atoms with E-state index >= 15 is 0 Å². The van der Waals surface area contributed by atoms with Crippen molar-refractivity contribution in [3.05, 3.63) is 58.7 Å². The number of nitrogens with one attached hydrogen (secondary N) is 1. The minimum atomic E-state index is 0.781. The number of pyridine rings is 1. The van der Waals surface area contributed by atoms with E-state index in [9.17, 15) is 0 Å². The molecule has 22 heavy (non-hydrogen) atoms. The highest BCUT2D eigenvalue weighted by atomic mass is 15.1. The molecule has 1 N–H and O–H groups in total. The molecule has 0 amide bonds. The van der Waals surface area contributed by atoms with E-state index in [1.54, 1.807) is 0 Å². The molecule has 0 bridgehead atoms. The molecule has 0 unspecified atom stereocenters. The highest BCUT2D eigenvalue weighted by Crippen LogP contribution is 2.18. The van der Waals surface area contributed by atoms with Crippen LogP contribution in [0.2, 0.25) is 0 Å². The Labute approximate surface area is 131 Å². The molecule has 0 fully saturated rings. The number of H-pyrrole nitrogens is 1. The van der Waals surface area contributed by atoms with Gasteiger partial charge in [0, 0.05) is 12.7 Å². The van der Waals surface area contributed by atoms with Crippen LogP contribution >= 0.6 is 0 Å². The molecule has 2 heterocycles. The van der Waals surface area contributed by atoms with E-state index in [1.807, 2.05) is 12.3 Å². The molecule has 114 valence electrons. The van der Waals surface area contributed by atoms with Crippen LogP contribution in [0.15, 0.2) is 30.5 Å². The molecule has 0 radical (unpaired) electrons. The number of aromatic nitrogens is 3. The second kappa shape index (κ2) is 5.89. The normalized spacial score (nSPS) is 11.5. The van der Waals surface area contributed by atoms with Crippen molar-refractivity contribution in [2.45, 2.75) is 33.9 Å². The van der Waals surface area contributed by atoms with E-state index in [0.29, 0.717) is 0 Å². The molecule has 0 aliphatic heterocycles. The zero-order valence-electron chi connectivity index (χ0n) is 13.6. The van der Waals surface area contributed by atoms with Crippen LogP contribution in [0.5, 0.6) is 0 Å². The van der Waals surface area contributed by atoms with Crippen molar-refractivity contribution >= 4 is 11.0 Å². The van der Waals surface area contributed by atoms with E-state index in [0.717, 1.165) is 35.6 Å². The summed E-state index contributed by atoms with van der Waals surface area (Å²) in [5.41, 5.74) is 7.07. The van der Waals surface area contributed by atoms with Gasteiger partial charge in [-0.2, -0.15) is 0 Å². The van der Waals surface area contributed by atoms with Crippen LogP contribution in [0.1, 0.15) is 28.2 Å². The Hall–Kier alpha value is -2.20. The number of benzene rings is 1. The van der Waals surface area contributed by atoms with Gasteiger partial charge in [0.2, 0.25) is 0 Å². The third kappa shape index (κ3) is 3.02. The van der Waals surface area contributed by atoms with Gasteiger partial charge in [0.15, 0.2) is 0 Å². The molecule has 0 aliphatic carbocycles. The van der Waals surface area contributed by atoms with Crippen LogP contribution in [0.3, 0.4) is 0 Å². The lowest BCUT2D eigenvalue weighted by atomic mass is 10.1. The van der Waals surface area contributed by atoms with Gasteiger partial charge in [-0.1, -0.05) is 6.07 Å². The first-order chi connectivity index (χ1) is 10.5. The molecule has 0 spiro atoms. The van der Waals surface area contributed by atoms with Gasteiger partial charge in [-0.05, 0) is 62.7 Å². The maximum Gasteiger partial charge on any atom is 0.121 e. The quantitative estimate of drug-likeness (QED) is 0.801. The number of aromatic amines is 1. The summed E-state index contributed by atoms with van der Waals surface area (Å²) >= 11 is 0. The van der Waals surface area contributed by atoms with Gasteiger partial charge in [-0.15, -0.1) is 0 Å². The lowest BCUT2D eigenvalue weighted by Gasteiger charge is -2.15. The minimum absolute atomic E-state index is 0.781. The number of nitrogens with zero attached hydrogens (tertiary/aromatic N) is 3. The second-order valence-corrected chi connectivity index (χ2v) is 6.08. The van der Waals surface area contributed by atoms with Crippen molar-refractivity contribution in [2.75, 3.05) is 7.05 Å². The van der Waals surface area contributed by atoms with Crippen LogP contribution in [0, 0.1) is 20.8 Å². The molecule has 3 rings (SSSR count). The van der Waals surface area contributed by atoms with Crippen LogP contribution in [-0.2, 0) is 13.1 Å². The maximum absolute atomic E-state index is 4.70.